The van der Waals surface area contributed by atoms with Gasteiger partial charge in [0.25, 0.3) is 5.91 Å². The van der Waals surface area contributed by atoms with E-state index in [1.165, 1.54) is 14.2 Å². The van der Waals surface area contributed by atoms with Gasteiger partial charge in [-0.25, -0.2) is 0 Å². The van der Waals surface area contributed by atoms with E-state index in [0.29, 0.717) is 30.5 Å². The van der Waals surface area contributed by atoms with Crippen LogP contribution in [0.5, 0.6) is 11.8 Å². The van der Waals surface area contributed by atoms with Gasteiger partial charge in [-0.05, 0) is 18.9 Å². The first-order chi connectivity index (χ1) is 12.1. The summed E-state index contributed by atoms with van der Waals surface area (Å²) in [7, 11) is 3.00. The lowest BCUT2D eigenvalue weighted by Crippen LogP contribution is -2.46. The molecule has 2 fully saturated rings. The molecule has 0 unspecified atom stereocenters. The van der Waals surface area contributed by atoms with Crippen LogP contribution >= 0.6 is 0 Å². The minimum Gasteiger partial charge on any atom is -0.481 e. The third-order valence-corrected chi connectivity index (χ3v) is 4.76. The fraction of sp³-hybridized carbons (Fsp3) is 0.647. The van der Waals surface area contributed by atoms with Crippen LogP contribution in [0.1, 0.15) is 23.2 Å². The number of aliphatic hydroxyl groups excluding tert-OH is 1. The van der Waals surface area contributed by atoms with Gasteiger partial charge in [0.1, 0.15) is 5.56 Å². The molecule has 138 valence electrons. The Labute approximate surface area is 147 Å². The maximum atomic E-state index is 12.6. The molecule has 0 saturated carbocycles. The lowest BCUT2D eigenvalue weighted by atomic mass is 10.1. The Morgan fingerprint density at radius 1 is 1.40 bits per heavy atom. The van der Waals surface area contributed by atoms with Crippen LogP contribution in [-0.4, -0.2) is 79.6 Å². The second-order valence-corrected chi connectivity index (χ2v) is 6.39. The molecule has 1 amide bonds. The lowest BCUT2D eigenvalue weighted by molar-refractivity contribution is -0.0566. The highest BCUT2D eigenvalue weighted by Gasteiger charge is 2.38. The molecule has 0 aliphatic carbocycles. The van der Waals surface area contributed by atoms with Crippen LogP contribution in [0.4, 0.5) is 0 Å². The summed E-state index contributed by atoms with van der Waals surface area (Å²) in [5.74, 6) is 0.446. The first-order valence-electron chi connectivity index (χ1n) is 8.51. The molecule has 8 heteroatoms. The van der Waals surface area contributed by atoms with Gasteiger partial charge < -0.3 is 24.6 Å². The summed E-state index contributed by atoms with van der Waals surface area (Å²) in [4.78, 5) is 19.1. The Morgan fingerprint density at radius 2 is 2.24 bits per heavy atom. The largest absolute Gasteiger partial charge is 0.481 e. The van der Waals surface area contributed by atoms with Gasteiger partial charge in [-0.1, -0.05) is 0 Å². The minimum atomic E-state index is -0.204. The third-order valence-electron chi connectivity index (χ3n) is 4.76. The van der Waals surface area contributed by atoms with Crippen molar-refractivity contribution in [3.8, 4) is 11.8 Å². The van der Waals surface area contributed by atoms with Crippen molar-refractivity contribution in [2.75, 3.05) is 40.5 Å². The number of carbonyl (C=O) groups excluding carboxylic acids is 1. The van der Waals surface area contributed by atoms with Gasteiger partial charge in [0, 0.05) is 37.8 Å². The van der Waals surface area contributed by atoms with Crippen LogP contribution in [0, 0.1) is 0 Å². The van der Waals surface area contributed by atoms with E-state index in [4.69, 9.17) is 19.3 Å². The number of pyridine rings is 1. The number of fused-ring (bicyclic) bond motifs is 1. The van der Waals surface area contributed by atoms with Crippen molar-refractivity contribution in [2.24, 2.45) is 0 Å². The number of hydrogen-bond donors (Lipinski definition) is 2. The first-order valence-corrected chi connectivity index (χ1v) is 8.51. The van der Waals surface area contributed by atoms with Crippen LogP contribution in [0.3, 0.4) is 0 Å². The van der Waals surface area contributed by atoms with Crippen molar-refractivity contribution in [3.63, 3.8) is 0 Å². The number of carbonyl (C=O) groups is 1. The molecule has 0 spiro atoms. The van der Waals surface area contributed by atoms with Gasteiger partial charge in [-0.15, -0.1) is 0 Å². The molecule has 2 N–H and O–H groups in total. The van der Waals surface area contributed by atoms with E-state index in [1.807, 2.05) is 0 Å². The Kier molecular flexibility index (Phi) is 5.72. The number of hydrogen-bond acceptors (Lipinski definition) is 7. The number of rotatable bonds is 6. The number of nitrogens with one attached hydrogen (secondary N) is 1. The zero-order valence-electron chi connectivity index (χ0n) is 14.6. The maximum Gasteiger partial charge on any atom is 0.257 e. The summed E-state index contributed by atoms with van der Waals surface area (Å²) in [5.41, 5.74) is 0.391. The molecule has 2 aliphatic rings. The van der Waals surface area contributed by atoms with Crippen LogP contribution < -0.4 is 14.8 Å². The van der Waals surface area contributed by atoms with Crippen molar-refractivity contribution in [3.05, 3.63) is 17.7 Å². The van der Waals surface area contributed by atoms with Gasteiger partial charge in [0.2, 0.25) is 11.8 Å². The lowest BCUT2D eigenvalue weighted by Gasteiger charge is -2.34. The summed E-state index contributed by atoms with van der Waals surface area (Å²) in [6, 6.07) is 3.67. The van der Waals surface area contributed by atoms with E-state index in [1.54, 1.807) is 12.1 Å². The number of methoxy groups -OCH3 is 2. The van der Waals surface area contributed by atoms with E-state index in [2.05, 4.69) is 15.2 Å². The van der Waals surface area contributed by atoms with Crippen molar-refractivity contribution >= 4 is 5.91 Å². The normalized spacial score (nSPS) is 26.1. The second kappa shape index (κ2) is 7.99. The monoisotopic (exact) mass is 351 g/mol. The molecule has 3 heterocycles. The van der Waals surface area contributed by atoms with Gasteiger partial charge in [0.05, 0.1) is 26.9 Å². The number of ether oxygens (including phenoxy) is 3. The summed E-state index contributed by atoms with van der Waals surface area (Å²) >= 11 is 0. The minimum absolute atomic E-state index is 0.0563. The quantitative estimate of drug-likeness (QED) is 0.748. The van der Waals surface area contributed by atoms with Crippen LogP contribution in [0.25, 0.3) is 0 Å². The molecule has 8 nitrogen and oxygen atoms in total. The highest BCUT2D eigenvalue weighted by molar-refractivity contribution is 5.96. The van der Waals surface area contributed by atoms with E-state index in [-0.39, 0.29) is 30.5 Å². The highest BCUT2D eigenvalue weighted by atomic mass is 16.5. The topological polar surface area (TPSA) is 93.2 Å². The molecule has 25 heavy (non-hydrogen) atoms. The number of nitrogens with zero attached hydrogens (tertiary/aromatic N) is 2. The van der Waals surface area contributed by atoms with Gasteiger partial charge in [0.15, 0.2) is 0 Å². The summed E-state index contributed by atoms with van der Waals surface area (Å²) in [6.45, 7) is 2.36. The summed E-state index contributed by atoms with van der Waals surface area (Å²) in [6.07, 6.45) is 1.57. The smallest absolute Gasteiger partial charge is 0.257 e. The van der Waals surface area contributed by atoms with Crippen LogP contribution in [-0.2, 0) is 4.74 Å². The molecule has 3 atom stereocenters. The summed E-state index contributed by atoms with van der Waals surface area (Å²) < 4.78 is 16.0. The van der Waals surface area contributed by atoms with E-state index < -0.39 is 0 Å². The molecule has 2 aliphatic heterocycles. The van der Waals surface area contributed by atoms with Crippen LogP contribution in [0.2, 0.25) is 0 Å². The molecule has 0 aromatic carbocycles. The van der Waals surface area contributed by atoms with Gasteiger partial charge >= 0.3 is 0 Å². The Hall–Kier alpha value is -1.90. The average molecular weight is 351 g/mol. The number of morpholine rings is 1. The van der Waals surface area contributed by atoms with E-state index in [9.17, 15) is 4.79 Å². The SMILES string of the molecule is COc1ccc(C(=O)N[C@H]2C[C@H]3CO[C@@H](CCO)CN3C2)c(OC)n1. The average Bonchev–Trinajstić information content (AvgIpc) is 3.02. The van der Waals surface area contributed by atoms with Gasteiger partial charge in [-0.3, -0.25) is 9.69 Å². The van der Waals surface area contributed by atoms with Gasteiger partial charge in [-0.2, -0.15) is 4.98 Å². The molecule has 1 aromatic heterocycles. The van der Waals surface area contributed by atoms with E-state index in [0.717, 1.165) is 19.5 Å². The van der Waals surface area contributed by atoms with Crippen molar-refractivity contribution < 1.29 is 24.1 Å². The number of amides is 1. The van der Waals surface area contributed by atoms with Crippen LogP contribution in [0.15, 0.2) is 12.1 Å². The molecule has 0 radical (unpaired) electrons. The van der Waals surface area contributed by atoms with Crippen molar-refractivity contribution in [1.82, 2.24) is 15.2 Å². The van der Waals surface area contributed by atoms with Crippen molar-refractivity contribution in [1.29, 1.82) is 0 Å². The Balaban J connectivity index is 1.61. The zero-order valence-corrected chi connectivity index (χ0v) is 14.6. The predicted octanol–water partition coefficient (Wildman–Crippen LogP) is 0.0527. The third kappa shape index (κ3) is 4.02. The molecule has 1 aromatic rings. The molecule has 0 bridgehead atoms. The van der Waals surface area contributed by atoms with Crippen molar-refractivity contribution in [2.45, 2.75) is 31.0 Å². The Bertz CT molecular complexity index is 612. The first kappa shape index (κ1) is 17.9. The highest BCUT2D eigenvalue weighted by Crippen LogP contribution is 2.25. The molecular formula is C17H25N3O5. The fourth-order valence-corrected chi connectivity index (χ4v) is 3.49. The Morgan fingerprint density at radius 3 is 2.96 bits per heavy atom. The fourth-order valence-electron chi connectivity index (χ4n) is 3.49. The molecular weight excluding hydrogens is 326 g/mol. The summed E-state index contributed by atoms with van der Waals surface area (Å²) in [5, 5.41) is 12.1. The van der Waals surface area contributed by atoms with E-state index >= 15 is 0 Å². The maximum absolute atomic E-state index is 12.6. The number of aliphatic hydroxyl groups is 1. The molecule has 2 saturated heterocycles. The zero-order chi connectivity index (χ0) is 17.8. The molecule has 3 rings (SSSR count). The standard InChI is InChI=1S/C17H25N3O5/c1-23-15-4-3-14(17(19-15)24-2)16(22)18-11-7-12-10-25-13(5-6-21)9-20(12)8-11/h3-4,11-13,21H,5-10H2,1-2H3,(H,18,22)/t11-,12-,13-/m0/s1. The second-order valence-electron chi connectivity index (χ2n) is 6.39. The number of aromatic nitrogens is 1. The predicted molar refractivity (Wildman–Crippen MR) is 90.0 cm³/mol.